The first-order chi connectivity index (χ1) is 16.3. The van der Waals surface area contributed by atoms with Crippen molar-refractivity contribution >= 4 is 16.9 Å². The summed E-state index contributed by atoms with van der Waals surface area (Å²) in [6.45, 7) is 4.49. The van der Waals surface area contributed by atoms with Gasteiger partial charge in [0.15, 0.2) is 0 Å². The highest BCUT2D eigenvalue weighted by molar-refractivity contribution is 5.83. The fraction of sp³-hybridized carbons (Fsp3) is 0.269. The molecule has 178 valence electrons. The highest BCUT2D eigenvalue weighted by atomic mass is 19.1. The van der Waals surface area contributed by atoms with Gasteiger partial charge in [-0.15, -0.1) is 0 Å². The van der Waals surface area contributed by atoms with Gasteiger partial charge in [0.25, 0.3) is 5.97 Å². The molecule has 0 bridgehead atoms. The van der Waals surface area contributed by atoms with Gasteiger partial charge in [-0.1, -0.05) is 18.2 Å². The van der Waals surface area contributed by atoms with E-state index in [1.165, 1.54) is 12.1 Å². The third kappa shape index (κ3) is 7.75. The first-order valence-electron chi connectivity index (χ1n) is 11.0. The minimum atomic E-state index is -0.833. The van der Waals surface area contributed by atoms with E-state index in [9.17, 15) is 4.39 Å². The minimum Gasteiger partial charge on any atom is -0.481 e. The Kier molecular flexibility index (Phi) is 8.84. The number of fused-ring (bicyclic) bond motifs is 1. The predicted octanol–water partition coefficient (Wildman–Crippen LogP) is 4.42. The Hall–Kier alpha value is -3.62. The van der Waals surface area contributed by atoms with Crippen molar-refractivity contribution < 1.29 is 14.3 Å². The monoisotopic (exact) mass is 463 g/mol. The number of nitrogens with zero attached hydrogens (tertiary/aromatic N) is 4. The molecule has 0 fully saturated rings. The van der Waals surface area contributed by atoms with Gasteiger partial charge in [-0.2, -0.15) is 5.10 Å². The van der Waals surface area contributed by atoms with Crippen LogP contribution >= 0.6 is 0 Å². The zero-order chi connectivity index (χ0) is 24.5. The molecular formula is C26H30FN5O2. The zero-order valence-corrected chi connectivity index (χ0v) is 19.7. The largest absolute Gasteiger partial charge is 0.481 e. The third-order valence-corrected chi connectivity index (χ3v) is 5.16. The average Bonchev–Trinajstić information content (AvgIpc) is 3.27. The molecule has 2 aromatic heterocycles. The van der Waals surface area contributed by atoms with Crippen molar-refractivity contribution in [3.05, 3.63) is 84.1 Å². The first kappa shape index (κ1) is 25.0. The van der Waals surface area contributed by atoms with Crippen LogP contribution in [0.25, 0.3) is 22.0 Å². The van der Waals surface area contributed by atoms with E-state index in [1.54, 1.807) is 0 Å². The zero-order valence-electron chi connectivity index (χ0n) is 19.7. The second kappa shape index (κ2) is 12.0. The van der Waals surface area contributed by atoms with Crippen LogP contribution in [0.3, 0.4) is 0 Å². The Labute approximate surface area is 198 Å². The Balaban J connectivity index is 0.000000751. The van der Waals surface area contributed by atoms with Crippen molar-refractivity contribution in [3.8, 4) is 11.1 Å². The second-order valence-electron chi connectivity index (χ2n) is 8.41. The third-order valence-electron chi connectivity index (χ3n) is 5.16. The number of hydrogen-bond acceptors (Lipinski definition) is 5. The maximum atomic E-state index is 13.3. The number of rotatable bonds is 8. The molecule has 0 saturated carbocycles. The van der Waals surface area contributed by atoms with Crippen LogP contribution in [0.5, 0.6) is 0 Å². The SMILES string of the molecule is CC(=O)O.CN(C)CCN(Cc1ccc(F)cc1)Cc1cncc(-c2ccc3[nH]ncc3c2)c1. The Bertz CT molecular complexity index is 1200. The number of nitrogens with one attached hydrogen (secondary N) is 1. The van der Waals surface area contributed by atoms with Gasteiger partial charge in [0, 0.05) is 56.4 Å². The van der Waals surface area contributed by atoms with Crippen molar-refractivity contribution in [2.75, 3.05) is 27.2 Å². The summed E-state index contributed by atoms with van der Waals surface area (Å²) in [5.74, 6) is -1.04. The summed E-state index contributed by atoms with van der Waals surface area (Å²) in [4.78, 5) is 18.0. The molecule has 4 aromatic rings. The van der Waals surface area contributed by atoms with E-state index in [0.29, 0.717) is 0 Å². The molecule has 0 unspecified atom stereocenters. The van der Waals surface area contributed by atoms with Crippen LogP contribution in [0.1, 0.15) is 18.1 Å². The normalized spacial score (nSPS) is 11.0. The molecule has 0 radical (unpaired) electrons. The summed E-state index contributed by atoms with van der Waals surface area (Å²) in [7, 11) is 4.15. The molecular weight excluding hydrogens is 433 g/mol. The Morgan fingerprint density at radius 2 is 1.65 bits per heavy atom. The van der Waals surface area contributed by atoms with E-state index in [-0.39, 0.29) is 5.82 Å². The Morgan fingerprint density at radius 3 is 2.35 bits per heavy atom. The molecule has 0 atom stereocenters. The number of pyridine rings is 1. The first-order valence-corrected chi connectivity index (χ1v) is 11.0. The number of benzene rings is 2. The van der Waals surface area contributed by atoms with Gasteiger partial charge < -0.3 is 10.0 Å². The average molecular weight is 464 g/mol. The van der Waals surface area contributed by atoms with Gasteiger partial charge in [0.2, 0.25) is 0 Å². The van der Waals surface area contributed by atoms with Gasteiger partial charge in [0.1, 0.15) is 5.82 Å². The van der Waals surface area contributed by atoms with Crippen LogP contribution in [-0.4, -0.2) is 63.2 Å². The van der Waals surface area contributed by atoms with Crippen LogP contribution in [0, 0.1) is 5.82 Å². The lowest BCUT2D eigenvalue weighted by Crippen LogP contribution is -2.31. The van der Waals surface area contributed by atoms with Gasteiger partial charge in [-0.05, 0) is 61.1 Å². The number of aromatic nitrogens is 3. The van der Waals surface area contributed by atoms with Crippen LogP contribution in [0.15, 0.2) is 67.1 Å². The number of aromatic amines is 1. The number of carbonyl (C=O) groups is 1. The fourth-order valence-corrected chi connectivity index (χ4v) is 3.52. The van der Waals surface area contributed by atoms with Crippen molar-refractivity contribution in [1.29, 1.82) is 0 Å². The van der Waals surface area contributed by atoms with Gasteiger partial charge >= 0.3 is 0 Å². The Morgan fingerprint density at radius 1 is 0.941 bits per heavy atom. The highest BCUT2D eigenvalue weighted by Crippen LogP contribution is 2.24. The standard InChI is InChI=1S/C24H26FN5.C2H4O2/c1-29(2)9-10-30(16-18-3-6-23(25)7-4-18)17-19-11-21(14-26-13-19)20-5-8-24-22(12-20)15-27-28-24;1-2(3)4/h3-8,11-15H,9-10,16-17H2,1-2H3,(H,27,28);1H3,(H,3,4). The molecule has 0 aliphatic heterocycles. The van der Waals surface area contributed by atoms with Crippen molar-refractivity contribution in [2.45, 2.75) is 20.0 Å². The van der Waals surface area contributed by atoms with Crippen LogP contribution in [0.2, 0.25) is 0 Å². The predicted molar refractivity (Wildman–Crippen MR) is 132 cm³/mol. The second-order valence-corrected chi connectivity index (χ2v) is 8.41. The molecule has 34 heavy (non-hydrogen) atoms. The van der Waals surface area contributed by atoms with E-state index < -0.39 is 5.97 Å². The molecule has 2 aromatic carbocycles. The molecule has 7 nitrogen and oxygen atoms in total. The number of likely N-dealkylation sites (N-methyl/N-ethyl adjacent to an activating group) is 1. The van der Waals surface area contributed by atoms with E-state index in [1.807, 2.05) is 36.8 Å². The van der Waals surface area contributed by atoms with Crippen molar-refractivity contribution in [2.24, 2.45) is 0 Å². The fourth-order valence-electron chi connectivity index (χ4n) is 3.52. The molecule has 0 saturated heterocycles. The summed E-state index contributed by atoms with van der Waals surface area (Å²) in [5.41, 5.74) is 5.49. The van der Waals surface area contributed by atoms with E-state index in [0.717, 1.165) is 66.3 Å². The van der Waals surface area contributed by atoms with Crippen LogP contribution in [-0.2, 0) is 17.9 Å². The van der Waals surface area contributed by atoms with E-state index in [2.05, 4.69) is 57.3 Å². The molecule has 0 spiro atoms. The van der Waals surface area contributed by atoms with Gasteiger partial charge in [0.05, 0.1) is 11.7 Å². The van der Waals surface area contributed by atoms with E-state index >= 15 is 0 Å². The summed E-state index contributed by atoms with van der Waals surface area (Å²) < 4.78 is 13.3. The lowest BCUT2D eigenvalue weighted by atomic mass is 10.0. The number of carboxylic acid groups (broad SMARTS) is 1. The molecule has 0 aliphatic rings. The van der Waals surface area contributed by atoms with Gasteiger partial charge in [-0.25, -0.2) is 4.39 Å². The molecule has 8 heteroatoms. The molecule has 0 aliphatic carbocycles. The molecule has 0 amide bonds. The lowest BCUT2D eigenvalue weighted by Gasteiger charge is -2.24. The van der Waals surface area contributed by atoms with Crippen molar-refractivity contribution in [3.63, 3.8) is 0 Å². The van der Waals surface area contributed by atoms with Crippen molar-refractivity contribution in [1.82, 2.24) is 25.0 Å². The number of halogens is 1. The number of hydrogen-bond donors (Lipinski definition) is 2. The van der Waals surface area contributed by atoms with E-state index in [4.69, 9.17) is 9.90 Å². The summed E-state index contributed by atoms with van der Waals surface area (Å²) in [6.07, 6.45) is 5.66. The summed E-state index contributed by atoms with van der Waals surface area (Å²) in [6, 6.07) is 15.2. The maximum Gasteiger partial charge on any atom is 0.300 e. The number of carboxylic acids is 1. The summed E-state index contributed by atoms with van der Waals surface area (Å²) >= 11 is 0. The van der Waals surface area contributed by atoms with Crippen LogP contribution < -0.4 is 0 Å². The topological polar surface area (TPSA) is 85.4 Å². The van der Waals surface area contributed by atoms with Gasteiger partial charge in [-0.3, -0.25) is 19.8 Å². The quantitative estimate of drug-likeness (QED) is 0.402. The molecule has 4 rings (SSSR count). The smallest absolute Gasteiger partial charge is 0.300 e. The molecule has 2 heterocycles. The molecule has 2 N–H and O–H groups in total. The number of aliphatic carboxylic acids is 1. The number of H-pyrrole nitrogens is 1. The maximum absolute atomic E-state index is 13.3. The minimum absolute atomic E-state index is 0.204. The lowest BCUT2D eigenvalue weighted by molar-refractivity contribution is -0.134. The van der Waals surface area contributed by atoms with Crippen LogP contribution in [0.4, 0.5) is 4.39 Å². The summed E-state index contributed by atoms with van der Waals surface area (Å²) in [5, 5.41) is 15.6. The highest BCUT2D eigenvalue weighted by Gasteiger charge is 2.10.